The maximum Gasteiger partial charge on any atom is 0.250 e. The number of piperidine rings is 2. The fraction of sp³-hybridized carbons (Fsp3) is 0.750. The molecule has 1 aromatic rings. The lowest BCUT2D eigenvalue weighted by atomic mass is 10.0. The fourth-order valence-electron chi connectivity index (χ4n) is 3.42. The van der Waals surface area contributed by atoms with Crippen LogP contribution >= 0.6 is 0 Å². The standard InChI is InChI=1S/C16H25F2N5/c17-16(18)4-8-22(9-5-16)14(10-19)13-11-20-15(21-12-13)23-6-2-1-3-7-23/h11-12,14H,1-10,19H2. The zero-order valence-corrected chi connectivity index (χ0v) is 13.4. The maximum absolute atomic E-state index is 13.3. The molecule has 1 unspecified atom stereocenters. The zero-order chi connectivity index (χ0) is 16.3. The highest BCUT2D eigenvalue weighted by Gasteiger charge is 2.36. The van der Waals surface area contributed by atoms with Gasteiger partial charge in [-0.05, 0) is 19.3 Å². The molecule has 0 amide bonds. The average Bonchev–Trinajstić information content (AvgIpc) is 2.58. The molecule has 0 spiro atoms. The first-order chi connectivity index (χ1) is 11.1. The number of halogens is 2. The Bertz CT molecular complexity index is 492. The van der Waals surface area contributed by atoms with Gasteiger partial charge in [0.1, 0.15) is 0 Å². The van der Waals surface area contributed by atoms with E-state index in [4.69, 9.17) is 5.73 Å². The van der Waals surface area contributed by atoms with E-state index in [1.54, 1.807) is 12.4 Å². The van der Waals surface area contributed by atoms with Crippen LogP contribution in [0, 0.1) is 0 Å². The Morgan fingerprint density at radius 3 is 2.22 bits per heavy atom. The Kier molecular flexibility index (Phi) is 5.06. The SMILES string of the molecule is NCC(c1cnc(N2CCCCC2)nc1)N1CCC(F)(F)CC1. The molecule has 1 aromatic heterocycles. The summed E-state index contributed by atoms with van der Waals surface area (Å²) in [4.78, 5) is 13.2. The smallest absolute Gasteiger partial charge is 0.250 e. The van der Waals surface area contributed by atoms with Gasteiger partial charge in [0, 0.05) is 63.5 Å². The van der Waals surface area contributed by atoms with Crippen LogP contribution in [0.4, 0.5) is 14.7 Å². The van der Waals surface area contributed by atoms with Gasteiger partial charge in [0.2, 0.25) is 5.95 Å². The molecule has 1 atom stereocenters. The van der Waals surface area contributed by atoms with Gasteiger partial charge in [-0.3, -0.25) is 4.90 Å². The first-order valence-electron chi connectivity index (χ1n) is 8.48. The summed E-state index contributed by atoms with van der Waals surface area (Å²) < 4.78 is 26.6. The first-order valence-corrected chi connectivity index (χ1v) is 8.48. The molecule has 0 bridgehead atoms. The van der Waals surface area contributed by atoms with Crippen molar-refractivity contribution in [2.45, 2.75) is 44.1 Å². The Labute approximate surface area is 135 Å². The Hall–Kier alpha value is -1.34. The molecule has 3 rings (SSSR count). The van der Waals surface area contributed by atoms with Crippen molar-refractivity contribution < 1.29 is 8.78 Å². The topological polar surface area (TPSA) is 58.3 Å². The molecule has 2 N–H and O–H groups in total. The summed E-state index contributed by atoms with van der Waals surface area (Å²) in [7, 11) is 0. The molecule has 23 heavy (non-hydrogen) atoms. The van der Waals surface area contributed by atoms with Gasteiger partial charge in [0.15, 0.2) is 0 Å². The molecule has 2 aliphatic rings. The summed E-state index contributed by atoms with van der Waals surface area (Å²) in [5, 5.41) is 0. The lowest BCUT2D eigenvalue weighted by Gasteiger charge is -2.37. The maximum atomic E-state index is 13.3. The number of hydrogen-bond acceptors (Lipinski definition) is 5. The third-order valence-electron chi connectivity index (χ3n) is 4.88. The summed E-state index contributed by atoms with van der Waals surface area (Å²) in [5.41, 5.74) is 6.80. The number of aromatic nitrogens is 2. The summed E-state index contributed by atoms with van der Waals surface area (Å²) in [6.07, 6.45) is 7.04. The second-order valence-corrected chi connectivity index (χ2v) is 6.51. The number of anilines is 1. The lowest BCUT2D eigenvalue weighted by molar-refractivity contribution is -0.0627. The van der Waals surface area contributed by atoms with Gasteiger partial charge in [0.25, 0.3) is 5.92 Å². The van der Waals surface area contributed by atoms with E-state index < -0.39 is 5.92 Å². The Morgan fingerprint density at radius 2 is 1.65 bits per heavy atom. The third-order valence-corrected chi connectivity index (χ3v) is 4.88. The molecule has 5 nitrogen and oxygen atoms in total. The number of alkyl halides is 2. The molecule has 2 saturated heterocycles. The van der Waals surface area contributed by atoms with Crippen LogP contribution in [0.3, 0.4) is 0 Å². The molecule has 2 fully saturated rings. The normalized spacial score (nSPS) is 23.7. The Balaban J connectivity index is 1.67. The van der Waals surface area contributed by atoms with Gasteiger partial charge < -0.3 is 10.6 Å². The van der Waals surface area contributed by atoms with Crippen LogP contribution in [0.15, 0.2) is 12.4 Å². The van der Waals surface area contributed by atoms with Crippen molar-refractivity contribution in [1.29, 1.82) is 0 Å². The number of likely N-dealkylation sites (tertiary alicyclic amines) is 1. The molecule has 7 heteroatoms. The zero-order valence-electron chi connectivity index (χ0n) is 13.4. The van der Waals surface area contributed by atoms with Crippen molar-refractivity contribution in [3.63, 3.8) is 0 Å². The minimum absolute atomic E-state index is 0.0819. The summed E-state index contributed by atoms with van der Waals surface area (Å²) in [5.74, 6) is -1.78. The number of nitrogens with zero attached hydrogens (tertiary/aromatic N) is 4. The molecular weight excluding hydrogens is 300 g/mol. The minimum atomic E-state index is -2.54. The molecule has 128 valence electrons. The van der Waals surface area contributed by atoms with E-state index in [0.717, 1.165) is 24.6 Å². The van der Waals surface area contributed by atoms with Crippen LogP contribution in [0.1, 0.15) is 43.7 Å². The summed E-state index contributed by atoms with van der Waals surface area (Å²) >= 11 is 0. The van der Waals surface area contributed by atoms with E-state index in [-0.39, 0.29) is 18.9 Å². The van der Waals surface area contributed by atoms with Crippen LogP contribution in [0.2, 0.25) is 0 Å². The van der Waals surface area contributed by atoms with Gasteiger partial charge in [-0.25, -0.2) is 18.7 Å². The van der Waals surface area contributed by atoms with E-state index in [9.17, 15) is 8.78 Å². The molecule has 0 radical (unpaired) electrons. The largest absolute Gasteiger partial charge is 0.341 e. The van der Waals surface area contributed by atoms with Gasteiger partial charge in [-0.2, -0.15) is 0 Å². The molecule has 0 aliphatic carbocycles. The predicted octanol–water partition coefficient (Wildman–Crippen LogP) is 2.20. The van der Waals surface area contributed by atoms with E-state index in [1.807, 2.05) is 4.90 Å². The highest BCUT2D eigenvalue weighted by atomic mass is 19.3. The number of nitrogens with two attached hydrogens (primary N) is 1. The molecule has 2 aliphatic heterocycles. The van der Waals surface area contributed by atoms with Crippen LogP contribution < -0.4 is 10.6 Å². The number of hydrogen-bond donors (Lipinski definition) is 1. The summed E-state index contributed by atoms with van der Waals surface area (Å²) in [6, 6.07) is -0.0819. The van der Waals surface area contributed by atoms with Gasteiger partial charge >= 0.3 is 0 Å². The van der Waals surface area contributed by atoms with Crippen molar-refractivity contribution in [1.82, 2.24) is 14.9 Å². The molecule has 3 heterocycles. The van der Waals surface area contributed by atoms with E-state index in [1.165, 1.54) is 19.3 Å². The van der Waals surface area contributed by atoms with Gasteiger partial charge in [-0.15, -0.1) is 0 Å². The quantitative estimate of drug-likeness (QED) is 0.920. The van der Waals surface area contributed by atoms with Crippen LogP contribution in [0.5, 0.6) is 0 Å². The summed E-state index contributed by atoms with van der Waals surface area (Å²) in [6.45, 7) is 3.12. The van der Waals surface area contributed by atoms with Gasteiger partial charge in [-0.1, -0.05) is 0 Å². The van der Waals surface area contributed by atoms with Gasteiger partial charge in [0.05, 0.1) is 6.04 Å². The van der Waals surface area contributed by atoms with Crippen molar-refractivity contribution in [3.8, 4) is 0 Å². The van der Waals surface area contributed by atoms with E-state index in [2.05, 4.69) is 14.9 Å². The van der Waals surface area contributed by atoms with Crippen LogP contribution in [-0.4, -0.2) is 53.5 Å². The van der Waals surface area contributed by atoms with E-state index in [0.29, 0.717) is 19.6 Å². The van der Waals surface area contributed by atoms with Crippen LogP contribution in [-0.2, 0) is 0 Å². The number of rotatable bonds is 4. The van der Waals surface area contributed by atoms with Crippen molar-refractivity contribution >= 4 is 5.95 Å². The minimum Gasteiger partial charge on any atom is -0.341 e. The lowest BCUT2D eigenvalue weighted by Crippen LogP contribution is -2.43. The van der Waals surface area contributed by atoms with Crippen molar-refractivity contribution in [2.75, 3.05) is 37.6 Å². The van der Waals surface area contributed by atoms with E-state index >= 15 is 0 Å². The Morgan fingerprint density at radius 1 is 1.04 bits per heavy atom. The van der Waals surface area contributed by atoms with Crippen LogP contribution in [0.25, 0.3) is 0 Å². The highest BCUT2D eigenvalue weighted by molar-refractivity contribution is 5.31. The average molecular weight is 325 g/mol. The fourth-order valence-corrected chi connectivity index (χ4v) is 3.42. The molecule has 0 saturated carbocycles. The predicted molar refractivity (Wildman–Crippen MR) is 85.6 cm³/mol. The second-order valence-electron chi connectivity index (χ2n) is 6.51. The van der Waals surface area contributed by atoms with Crippen molar-refractivity contribution in [2.24, 2.45) is 5.73 Å². The highest BCUT2D eigenvalue weighted by Crippen LogP contribution is 2.32. The van der Waals surface area contributed by atoms with Crippen molar-refractivity contribution in [3.05, 3.63) is 18.0 Å². The monoisotopic (exact) mass is 325 g/mol. The second kappa shape index (κ2) is 7.05. The first kappa shape index (κ1) is 16.5. The molecule has 0 aromatic carbocycles. The molecular formula is C16H25F2N5. The third kappa shape index (κ3) is 3.95.